The van der Waals surface area contributed by atoms with E-state index in [9.17, 15) is 9.59 Å². The van der Waals surface area contributed by atoms with Gasteiger partial charge < -0.3 is 20.6 Å². The Morgan fingerprint density at radius 3 is 1.40 bits per heavy atom. The molecule has 0 radical (unpaired) electrons. The van der Waals surface area contributed by atoms with Crippen LogP contribution in [0.4, 0.5) is 0 Å². The largest absolute Gasteiger partial charge is 0.346 e. The second kappa shape index (κ2) is 14.6. The number of fused-ring (bicyclic) bond motifs is 1. The summed E-state index contributed by atoms with van der Waals surface area (Å²) < 4.78 is 0. The summed E-state index contributed by atoms with van der Waals surface area (Å²) in [5.41, 5.74) is 5.56. The first-order chi connectivity index (χ1) is 23.5. The number of aromatic nitrogens is 4. The first-order valence-corrected chi connectivity index (χ1v) is 17.8. The van der Waals surface area contributed by atoms with Crippen LogP contribution in [0.15, 0.2) is 73.1 Å². The second-order valence-electron chi connectivity index (χ2n) is 16.6. The third kappa shape index (κ3) is 8.89. The third-order valence-corrected chi connectivity index (χ3v) is 8.92. The van der Waals surface area contributed by atoms with Crippen molar-refractivity contribution in [1.29, 1.82) is 0 Å². The predicted octanol–water partition coefficient (Wildman–Crippen LogP) is 9.79. The number of nitrogens with one attached hydrogen (secondary N) is 4. The highest BCUT2D eigenvalue weighted by atomic mass is 16.2. The number of benzene rings is 3. The average molecular weight is 675 g/mol. The Bertz CT molecular complexity index is 1940. The Labute approximate surface area is 297 Å². The smallest absolute Gasteiger partial charge is 0.220 e. The van der Waals surface area contributed by atoms with Crippen LogP contribution in [0.1, 0.15) is 106 Å². The van der Waals surface area contributed by atoms with Crippen molar-refractivity contribution >= 4 is 22.6 Å². The van der Waals surface area contributed by atoms with Gasteiger partial charge >= 0.3 is 0 Å². The highest BCUT2D eigenvalue weighted by Gasteiger charge is 2.32. The summed E-state index contributed by atoms with van der Waals surface area (Å²) in [4.78, 5) is 41.8. The molecule has 0 aliphatic heterocycles. The molecule has 0 saturated carbocycles. The van der Waals surface area contributed by atoms with Crippen LogP contribution in [0, 0.1) is 22.7 Å². The first kappa shape index (κ1) is 36.6. The van der Waals surface area contributed by atoms with Crippen molar-refractivity contribution in [2.75, 3.05) is 0 Å². The van der Waals surface area contributed by atoms with E-state index >= 15 is 0 Å². The Hall–Kier alpha value is -4.72. The highest BCUT2D eigenvalue weighted by Crippen LogP contribution is 2.35. The number of hydrogen-bond acceptors (Lipinski definition) is 4. The highest BCUT2D eigenvalue weighted by molar-refractivity contribution is 5.90. The minimum absolute atomic E-state index is 0.0394. The number of rotatable bonds is 11. The minimum atomic E-state index is -0.227. The lowest BCUT2D eigenvalue weighted by Crippen LogP contribution is -2.37. The van der Waals surface area contributed by atoms with Gasteiger partial charge in [0.15, 0.2) is 0 Å². The van der Waals surface area contributed by atoms with Crippen LogP contribution in [0.25, 0.3) is 44.4 Å². The Morgan fingerprint density at radius 1 is 0.580 bits per heavy atom. The van der Waals surface area contributed by atoms with Gasteiger partial charge in [0, 0.05) is 36.4 Å². The summed E-state index contributed by atoms with van der Waals surface area (Å²) in [7, 11) is 0. The molecule has 8 heteroatoms. The van der Waals surface area contributed by atoms with Crippen LogP contribution in [0.2, 0.25) is 0 Å². The second-order valence-corrected chi connectivity index (χ2v) is 16.6. The molecule has 2 amide bonds. The molecular weight excluding hydrogens is 621 g/mol. The van der Waals surface area contributed by atoms with E-state index in [1.807, 2.05) is 26.2 Å². The monoisotopic (exact) mass is 674 g/mol. The van der Waals surface area contributed by atoms with Gasteiger partial charge in [-0.05, 0) is 56.7 Å². The SMILES string of the molecule is CC(C)CC(=O)N[C@H](c1nc(-c2ccc(-c3ccc4cc(-c5c[nH]c([C@@H](NC(=O)CC(C)C)C(C)(C)C)n5)ccc4c3)cc2)c[nH]1)C(C)(C)C. The van der Waals surface area contributed by atoms with Crippen molar-refractivity contribution in [3.8, 4) is 33.6 Å². The van der Waals surface area contributed by atoms with Gasteiger partial charge in [0.1, 0.15) is 11.6 Å². The van der Waals surface area contributed by atoms with Crippen molar-refractivity contribution in [3.05, 3.63) is 84.7 Å². The lowest BCUT2D eigenvalue weighted by atomic mass is 9.86. The molecule has 5 aromatic rings. The summed E-state index contributed by atoms with van der Waals surface area (Å²) in [5, 5.41) is 8.67. The molecule has 5 rings (SSSR count). The standard InChI is InChI=1S/C42H54N6O2/c1-25(2)19-35(49)47-37(41(5,6)7)39-43-23-33(45-39)28-13-11-27(12-14-28)29-15-16-31-22-32(18-17-30(31)21-29)34-24-44-40(46-34)38(42(8,9)10)48-36(50)20-26(3)4/h11-18,21-26,37-38H,19-20H2,1-10H3,(H,43,45)(H,44,46)(H,47,49)(H,48,50)/t37-,38-/m1/s1. The molecule has 0 spiro atoms. The number of H-pyrrole nitrogens is 2. The molecule has 4 N–H and O–H groups in total. The molecule has 3 aromatic carbocycles. The number of aromatic amines is 2. The maximum absolute atomic E-state index is 12.7. The molecular formula is C42H54N6O2. The fraction of sp³-hybridized carbons (Fsp3) is 0.429. The maximum Gasteiger partial charge on any atom is 0.220 e. The molecule has 0 aliphatic carbocycles. The fourth-order valence-corrected chi connectivity index (χ4v) is 6.25. The van der Waals surface area contributed by atoms with E-state index in [0.29, 0.717) is 24.7 Å². The zero-order chi connectivity index (χ0) is 36.4. The molecule has 0 unspecified atom stereocenters. The molecule has 0 saturated heterocycles. The van der Waals surface area contributed by atoms with Crippen molar-refractivity contribution in [3.63, 3.8) is 0 Å². The molecule has 2 aromatic heterocycles. The van der Waals surface area contributed by atoms with Gasteiger partial charge in [-0.2, -0.15) is 0 Å². The minimum Gasteiger partial charge on any atom is -0.346 e. The van der Waals surface area contributed by atoms with Crippen molar-refractivity contribution in [2.24, 2.45) is 22.7 Å². The van der Waals surface area contributed by atoms with Crippen molar-refractivity contribution < 1.29 is 9.59 Å². The van der Waals surface area contributed by atoms with Crippen molar-refractivity contribution in [2.45, 2.75) is 94.2 Å². The zero-order valence-corrected chi connectivity index (χ0v) is 31.4. The molecule has 50 heavy (non-hydrogen) atoms. The summed E-state index contributed by atoms with van der Waals surface area (Å²) in [6.07, 6.45) is 4.82. The quantitative estimate of drug-likeness (QED) is 0.112. The van der Waals surface area contributed by atoms with E-state index in [2.05, 4.69) is 137 Å². The van der Waals surface area contributed by atoms with Gasteiger partial charge in [-0.1, -0.05) is 118 Å². The van der Waals surface area contributed by atoms with Crippen LogP contribution in [0.3, 0.4) is 0 Å². The van der Waals surface area contributed by atoms with Crippen LogP contribution in [-0.2, 0) is 9.59 Å². The van der Waals surface area contributed by atoms with Gasteiger partial charge in [0.2, 0.25) is 11.8 Å². The molecule has 0 fully saturated rings. The molecule has 0 aliphatic rings. The lowest BCUT2D eigenvalue weighted by molar-refractivity contribution is -0.124. The van der Waals surface area contributed by atoms with E-state index in [0.717, 1.165) is 56.1 Å². The molecule has 2 heterocycles. The van der Waals surface area contributed by atoms with E-state index in [4.69, 9.17) is 9.97 Å². The van der Waals surface area contributed by atoms with Crippen LogP contribution in [0.5, 0.6) is 0 Å². The van der Waals surface area contributed by atoms with Crippen LogP contribution in [-0.4, -0.2) is 31.8 Å². The van der Waals surface area contributed by atoms with Gasteiger partial charge in [-0.3, -0.25) is 9.59 Å². The van der Waals surface area contributed by atoms with E-state index in [1.54, 1.807) is 0 Å². The van der Waals surface area contributed by atoms with E-state index in [-0.39, 0.29) is 34.7 Å². The number of amides is 2. The Balaban J connectivity index is 1.32. The zero-order valence-electron chi connectivity index (χ0n) is 31.4. The van der Waals surface area contributed by atoms with Gasteiger partial charge in [0.25, 0.3) is 0 Å². The van der Waals surface area contributed by atoms with Gasteiger partial charge in [-0.15, -0.1) is 0 Å². The fourth-order valence-electron chi connectivity index (χ4n) is 6.25. The number of imidazole rings is 2. The number of nitrogens with zero attached hydrogens (tertiary/aromatic N) is 2. The average Bonchev–Trinajstić information content (AvgIpc) is 3.71. The first-order valence-electron chi connectivity index (χ1n) is 17.8. The molecule has 2 atom stereocenters. The molecule has 0 bridgehead atoms. The van der Waals surface area contributed by atoms with Gasteiger partial charge in [0.05, 0.1) is 23.5 Å². The summed E-state index contributed by atoms with van der Waals surface area (Å²) in [6.45, 7) is 20.9. The Kier molecular flexibility index (Phi) is 10.7. The van der Waals surface area contributed by atoms with E-state index < -0.39 is 0 Å². The predicted molar refractivity (Wildman–Crippen MR) is 204 cm³/mol. The summed E-state index contributed by atoms with van der Waals surface area (Å²) in [6, 6.07) is 20.9. The third-order valence-electron chi connectivity index (χ3n) is 8.92. The number of carbonyl (C=O) groups excluding carboxylic acids is 2. The van der Waals surface area contributed by atoms with Crippen LogP contribution < -0.4 is 10.6 Å². The van der Waals surface area contributed by atoms with E-state index in [1.165, 1.54) is 0 Å². The normalized spacial score (nSPS) is 13.5. The van der Waals surface area contributed by atoms with Crippen molar-refractivity contribution in [1.82, 2.24) is 30.6 Å². The summed E-state index contributed by atoms with van der Waals surface area (Å²) >= 11 is 0. The topological polar surface area (TPSA) is 116 Å². The number of hydrogen-bond donors (Lipinski definition) is 4. The maximum atomic E-state index is 12.7. The summed E-state index contributed by atoms with van der Waals surface area (Å²) in [5.74, 6) is 2.18. The number of carbonyl (C=O) groups is 2. The molecule has 8 nitrogen and oxygen atoms in total. The molecule has 264 valence electrons. The van der Waals surface area contributed by atoms with Gasteiger partial charge in [-0.25, -0.2) is 9.97 Å². The Morgan fingerprint density at radius 2 is 0.960 bits per heavy atom. The lowest BCUT2D eigenvalue weighted by Gasteiger charge is -2.30. The van der Waals surface area contributed by atoms with Crippen LogP contribution >= 0.6 is 0 Å².